The van der Waals surface area contributed by atoms with Crippen molar-refractivity contribution < 1.29 is 19.3 Å². The number of hydrogen-bond acceptors (Lipinski definition) is 7. The molecule has 2 aromatic rings. The summed E-state index contributed by atoms with van der Waals surface area (Å²) in [7, 11) is 0. The van der Waals surface area contributed by atoms with Crippen molar-refractivity contribution in [2.24, 2.45) is 0 Å². The average molecular weight is 292 g/mol. The highest BCUT2D eigenvalue weighted by molar-refractivity contribution is 5.93. The number of pyridine rings is 1. The minimum atomic E-state index is -1.30. The Morgan fingerprint density at radius 2 is 2.24 bits per heavy atom. The monoisotopic (exact) mass is 292 g/mol. The highest BCUT2D eigenvalue weighted by atomic mass is 16.6. The van der Waals surface area contributed by atoms with Gasteiger partial charge in [0.05, 0.1) is 10.6 Å². The molecule has 2 aromatic heterocycles. The van der Waals surface area contributed by atoms with Gasteiger partial charge in [-0.1, -0.05) is 5.16 Å². The van der Waals surface area contributed by atoms with Gasteiger partial charge in [-0.15, -0.1) is 0 Å². The fourth-order valence-corrected chi connectivity index (χ4v) is 1.78. The van der Waals surface area contributed by atoms with Crippen molar-refractivity contribution in [3.05, 3.63) is 45.0 Å². The van der Waals surface area contributed by atoms with E-state index in [2.05, 4.69) is 15.5 Å². The molecule has 0 aromatic carbocycles. The van der Waals surface area contributed by atoms with E-state index in [-0.39, 0.29) is 23.6 Å². The highest BCUT2D eigenvalue weighted by Gasteiger charge is 2.18. The normalized spacial score (nSPS) is 10.4. The largest absolute Gasteiger partial charge is 0.478 e. The Morgan fingerprint density at radius 3 is 2.76 bits per heavy atom. The van der Waals surface area contributed by atoms with Crippen LogP contribution >= 0.6 is 0 Å². The lowest BCUT2D eigenvalue weighted by atomic mass is 10.2. The summed E-state index contributed by atoms with van der Waals surface area (Å²) in [6.45, 7) is 3.75. The molecule has 0 spiro atoms. The molecule has 9 nitrogen and oxygen atoms in total. The van der Waals surface area contributed by atoms with Crippen LogP contribution in [0.5, 0.6) is 0 Å². The van der Waals surface area contributed by atoms with Gasteiger partial charge in [0.1, 0.15) is 23.3 Å². The number of aromatic nitrogens is 2. The molecule has 21 heavy (non-hydrogen) atoms. The summed E-state index contributed by atoms with van der Waals surface area (Å²) in [6, 6.07) is 0.963. The molecular formula is C12H12N4O5. The maximum Gasteiger partial charge on any atom is 0.339 e. The number of carbonyl (C=O) groups is 1. The first-order valence-electron chi connectivity index (χ1n) is 5.93. The molecule has 0 saturated carbocycles. The second kappa shape index (κ2) is 5.57. The van der Waals surface area contributed by atoms with E-state index in [4.69, 9.17) is 9.63 Å². The Morgan fingerprint density at radius 1 is 1.52 bits per heavy atom. The Hall–Kier alpha value is -2.97. The van der Waals surface area contributed by atoms with E-state index in [9.17, 15) is 14.9 Å². The predicted octanol–water partition coefficient (Wildman–Crippen LogP) is 1.90. The average Bonchev–Trinajstić information content (AvgIpc) is 2.75. The van der Waals surface area contributed by atoms with Gasteiger partial charge in [-0.3, -0.25) is 10.1 Å². The van der Waals surface area contributed by atoms with Crippen LogP contribution in [0.3, 0.4) is 0 Å². The first kappa shape index (κ1) is 14.4. The molecule has 2 heterocycles. The summed E-state index contributed by atoms with van der Waals surface area (Å²) < 4.78 is 5.00. The number of nitro groups is 1. The number of rotatable bonds is 5. The van der Waals surface area contributed by atoms with Crippen LogP contribution in [0, 0.1) is 24.0 Å². The number of carboxylic acid groups (broad SMARTS) is 1. The smallest absolute Gasteiger partial charge is 0.339 e. The molecule has 9 heteroatoms. The zero-order valence-corrected chi connectivity index (χ0v) is 11.3. The summed E-state index contributed by atoms with van der Waals surface area (Å²) in [5.41, 5.74) is 0.816. The molecular weight excluding hydrogens is 280 g/mol. The zero-order chi connectivity index (χ0) is 15.6. The standard InChI is InChI=1S/C12H12N4O5/c1-6-10(7(2)21-15-6)5-14-11-9(12(17)18)3-8(4-13-11)16(19)20/h3-4H,5H2,1-2H3,(H,13,14)(H,17,18). The van der Waals surface area contributed by atoms with Gasteiger partial charge in [0.15, 0.2) is 0 Å². The van der Waals surface area contributed by atoms with Gasteiger partial charge in [0, 0.05) is 18.2 Å². The van der Waals surface area contributed by atoms with Crippen molar-refractivity contribution in [1.29, 1.82) is 0 Å². The number of aryl methyl sites for hydroxylation is 2. The Balaban J connectivity index is 2.28. The summed E-state index contributed by atoms with van der Waals surface area (Å²) >= 11 is 0. The van der Waals surface area contributed by atoms with Gasteiger partial charge < -0.3 is 14.9 Å². The third-order valence-electron chi connectivity index (χ3n) is 2.93. The number of aromatic carboxylic acids is 1. The summed E-state index contributed by atoms with van der Waals surface area (Å²) in [4.78, 5) is 24.9. The van der Waals surface area contributed by atoms with Crippen LogP contribution in [-0.2, 0) is 6.54 Å². The minimum Gasteiger partial charge on any atom is -0.478 e. The molecule has 0 saturated heterocycles. The molecule has 0 amide bonds. The van der Waals surface area contributed by atoms with Crippen molar-refractivity contribution in [2.75, 3.05) is 5.32 Å². The highest BCUT2D eigenvalue weighted by Crippen LogP contribution is 2.21. The van der Waals surface area contributed by atoms with Gasteiger partial charge in [-0.2, -0.15) is 0 Å². The molecule has 0 aliphatic heterocycles. The zero-order valence-electron chi connectivity index (χ0n) is 11.3. The molecule has 0 bridgehead atoms. The predicted molar refractivity (Wildman–Crippen MR) is 71.2 cm³/mol. The molecule has 0 atom stereocenters. The maximum absolute atomic E-state index is 11.2. The molecule has 2 rings (SSSR count). The molecule has 0 radical (unpaired) electrons. The quantitative estimate of drug-likeness (QED) is 0.630. The third kappa shape index (κ3) is 2.96. The van der Waals surface area contributed by atoms with E-state index in [0.717, 1.165) is 17.8 Å². The van der Waals surface area contributed by atoms with Crippen LogP contribution in [0.4, 0.5) is 11.5 Å². The van der Waals surface area contributed by atoms with Crippen LogP contribution in [0.1, 0.15) is 27.4 Å². The summed E-state index contributed by atoms with van der Waals surface area (Å²) in [5, 5.41) is 26.4. The first-order chi connectivity index (χ1) is 9.90. The number of nitrogens with one attached hydrogen (secondary N) is 1. The van der Waals surface area contributed by atoms with Crippen LogP contribution in [-0.4, -0.2) is 26.1 Å². The van der Waals surface area contributed by atoms with Gasteiger partial charge in [0.2, 0.25) is 0 Å². The van der Waals surface area contributed by atoms with Crippen LogP contribution in [0.15, 0.2) is 16.8 Å². The Bertz CT molecular complexity index is 690. The molecule has 110 valence electrons. The minimum absolute atomic E-state index is 0.0492. The van der Waals surface area contributed by atoms with Crippen molar-refractivity contribution in [3.63, 3.8) is 0 Å². The van der Waals surface area contributed by atoms with Crippen LogP contribution in [0.25, 0.3) is 0 Å². The molecule has 0 fully saturated rings. The van der Waals surface area contributed by atoms with Crippen molar-refractivity contribution in [3.8, 4) is 0 Å². The first-order valence-corrected chi connectivity index (χ1v) is 5.93. The SMILES string of the molecule is Cc1noc(C)c1CNc1ncc([N+](=O)[O-])cc1C(=O)O. The van der Waals surface area contributed by atoms with Gasteiger partial charge in [-0.05, 0) is 13.8 Å². The number of carboxylic acids is 1. The molecule has 2 N–H and O–H groups in total. The second-order valence-corrected chi connectivity index (χ2v) is 4.31. The molecule has 0 aliphatic carbocycles. The number of hydrogen-bond donors (Lipinski definition) is 2. The van der Waals surface area contributed by atoms with E-state index in [1.807, 2.05) is 0 Å². The lowest BCUT2D eigenvalue weighted by molar-refractivity contribution is -0.385. The van der Waals surface area contributed by atoms with Crippen LogP contribution < -0.4 is 5.32 Å². The fraction of sp³-hybridized carbons (Fsp3) is 0.250. The number of anilines is 1. The lowest BCUT2D eigenvalue weighted by Gasteiger charge is -2.08. The van der Waals surface area contributed by atoms with E-state index in [1.54, 1.807) is 13.8 Å². The van der Waals surface area contributed by atoms with E-state index >= 15 is 0 Å². The van der Waals surface area contributed by atoms with Gasteiger partial charge in [0.25, 0.3) is 5.69 Å². The topological polar surface area (TPSA) is 131 Å². The van der Waals surface area contributed by atoms with E-state index < -0.39 is 10.9 Å². The Kier molecular flexibility index (Phi) is 3.83. The van der Waals surface area contributed by atoms with Gasteiger partial charge >= 0.3 is 5.97 Å². The fourth-order valence-electron chi connectivity index (χ4n) is 1.78. The maximum atomic E-state index is 11.2. The molecule has 0 aliphatic rings. The number of nitrogens with zero attached hydrogens (tertiary/aromatic N) is 3. The van der Waals surface area contributed by atoms with Crippen molar-refractivity contribution >= 4 is 17.5 Å². The Labute approximate surface area is 118 Å². The van der Waals surface area contributed by atoms with Gasteiger partial charge in [-0.25, -0.2) is 9.78 Å². The second-order valence-electron chi connectivity index (χ2n) is 4.31. The summed E-state index contributed by atoms with van der Waals surface area (Å²) in [6.07, 6.45) is 1.00. The van der Waals surface area contributed by atoms with Crippen LogP contribution in [0.2, 0.25) is 0 Å². The lowest BCUT2D eigenvalue weighted by Crippen LogP contribution is -2.10. The third-order valence-corrected chi connectivity index (χ3v) is 2.93. The summed E-state index contributed by atoms with van der Waals surface area (Å²) in [5.74, 6) is -0.639. The molecule has 0 unspecified atom stereocenters. The van der Waals surface area contributed by atoms with E-state index in [1.165, 1.54) is 0 Å². The van der Waals surface area contributed by atoms with E-state index in [0.29, 0.717) is 11.5 Å². The van der Waals surface area contributed by atoms with Crippen molar-refractivity contribution in [2.45, 2.75) is 20.4 Å². The van der Waals surface area contributed by atoms with Crippen molar-refractivity contribution in [1.82, 2.24) is 10.1 Å².